The van der Waals surface area contributed by atoms with Crippen LogP contribution >= 0.6 is 0 Å². The molecule has 5 heteroatoms. The van der Waals surface area contributed by atoms with E-state index in [1.165, 1.54) is 11.6 Å². The molecule has 0 atom stereocenters. The topological polar surface area (TPSA) is 54.0 Å². The fourth-order valence-corrected chi connectivity index (χ4v) is 2.49. The Balaban J connectivity index is 2.12. The van der Waals surface area contributed by atoms with Gasteiger partial charge < -0.3 is 18.9 Å². The highest BCUT2D eigenvalue weighted by molar-refractivity contribution is 6.06. The maximum atomic E-state index is 12.4. The SMILES string of the molecule is COc1cc(/C=C/C(=O)c2ccc(OCC=C(C)C)cc2)cc(OC)c1OC. The van der Waals surface area contributed by atoms with Gasteiger partial charge in [-0.15, -0.1) is 0 Å². The molecule has 28 heavy (non-hydrogen) atoms. The smallest absolute Gasteiger partial charge is 0.203 e. The van der Waals surface area contributed by atoms with Gasteiger partial charge in [0.2, 0.25) is 5.75 Å². The quantitative estimate of drug-likeness (QED) is 0.349. The Bertz CT molecular complexity index is 834. The largest absolute Gasteiger partial charge is 0.493 e. The van der Waals surface area contributed by atoms with E-state index in [-0.39, 0.29) is 5.78 Å². The van der Waals surface area contributed by atoms with E-state index in [9.17, 15) is 4.79 Å². The summed E-state index contributed by atoms with van der Waals surface area (Å²) in [5.41, 5.74) is 2.55. The molecule has 0 heterocycles. The van der Waals surface area contributed by atoms with Gasteiger partial charge in [0.25, 0.3) is 0 Å². The molecule has 0 amide bonds. The Morgan fingerprint density at radius 1 is 0.929 bits per heavy atom. The second kappa shape index (κ2) is 10.2. The van der Waals surface area contributed by atoms with Crippen LogP contribution in [0, 0.1) is 0 Å². The van der Waals surface area contributed by atoms with E-state index in [0.717, 1.165) is 11.3 Å². The molecule has 0 aliphatic rings. The number of rotatable bonds is 9. The molecule has 0 saturated heterocycles. The van der Waals surface area contributed by atoms with Crippen molar-refractivity contribution in [2.24, 2.45) is 0 Å². The van der Waals surface area contributed by atoms with E-state index < -0.39 is 0 Å². The van der Waals surface area contributed by atoms with Gasteiger partial charge in [-0.1, -0.05) is 11.6 Å². The van der Waals surface area contributed by atoms with Crippen LogP contribution < -0.4 is 18.9 Å². The Morgan fingerprint density at radius 2 is 1.54 bits per heavy atom. The van der Waals surface area contributed by atoms with Crippen LogP contribution in [0.4, 0.5) is 0 Å². The van der Waals surface area contributed by atoms with Crippen LogP contribution in [0.15, 0.2) is 54.1 Å². The van der Waals surface area contributed by atoms with Gasteiger partial charge in [0, 0.05) is 5.56 Å². The molecule has 0 aliphatic carbocycles. The molecular weight excluding hydrogens is 356 g/mol. The van der Waals surface area contributed by atoms with Crippen molar-refractivity contribution >= 4 is 11.9 Å². The maximum absolute atomic E-state index is 12.4. The van der Waals surface area contributed by atoms with E-state index in [0.29, 0.717) is 29.4 Å². The van der Waals surface area contributed by atoms with Crippen LogP contribution in [0.2, 0.25) is 0 Å². The monoisotopic (exact) mass is 382 g/mol. The Morgan fingerprint density at radius 3 is 2.04 bits per heavy atom. The zero-order valence-electron chi connectivity index (χ0n) is 16.9. The summed E-state index contributed by atoms with van der Waals surface area (Å²) in [6.07, 6.45) is 5.23. The number of hydrogen-bond acceptors (Lipinski definition) is 5. The average molecular weight is 382 g/mol. The third-order valence-corrected chi connectivity index (χ3v) is 3.99. The van der Waals surface area contributed by atoms with Gasteiger partial charge >= 0.3 is 0 Å². The summed E-state index contributed by atoms with van der Waals surface area (Å²) in [6, 6.07) is 10.6. The van der Waals surface area contributed by atoms with Crippen LogP contribution in [0.1, 0.15) is 29.8 Å². The molecule has 0 aliphatic heterocycles. The van der Waals surface area contributed by atoms with Crippen molar-refractivity contribution < 1.29 is 23.7 Å². The molecule has 0 fully saturated rings. The van der Waals surface area contributed by atoms with Gasteiger partial charge in [-0.3, -0.25) is 4.79 Å². The van der Waals surface area contributed by atoms with Gasteiger partial charge in [0.15, 0.2) is 17.3 Å². The summed E-state index contributed by atoms with van der Waals surface area (Å²) in [5, 5.41) is 0. The lowest BCUT2D eigenvalue weighted by atomic mass is 10.1. The lowest BCUT2D eigenvalue weighted by Crippen LogP contribution is -1.97. The summed E-state index contributed by atoms with van der Waals surface area (Å²) in [6.45, 7) is 4.55. The fourth-order valence-electron chi connectivity index (χ4n) is 2.49. The number of allylic oxidation sites excluding steroid dienone is 2. The Hall–Kier alpha value is -3.21. The van der Waals surface area contributed by atoms with Crippen molar-refractivity contribution in [3.63, 3.8) is 0 Å². The van der Waals surface area contributed by atoms with Crippen molar-refractivity contribution in [1.29, 1.82) is 0 Å². The predicted molar refractivity (Wildman–Crippen MR) is 111 cm³/mol. The first-order valence-corrected chi connectivity index (χ1v) is 8.87. The number of methoxy groups -OCH3 is 3. The van der Waals surface area contributed by atoms with Gasteiger partial charge in [-0.05, 0) is 68.0 Å². The van der Waals surface area contributed by atoms with E-state index in [1.54, 1.807) is 63.8 Å². The minimum atomic E-state index is -0.107. The Kier molecular flexibility index (Phi) is 7.69. The van der Waals surface area contributed by atoms with Crippen molar-refractivity contribution in [3.8, 4) is 23.0 Å². The Labute approximate surface area is 166 Å². The maximum Gasteiger partial charge on any atom is 0.203 e. The molecule has 0 spiro atoms. The number of ether oxygens (including phenoxy) is 4. The lowest BCUT2D eigenvalue weighted by molar-refractivity contribution is 0.104. The molecule has 5 nitrogen and oxygen atoms in total. The van der Waals surface area contributed by atoms with Gasteiger partial charge in [0.1, 0.15) is 12.4 Å². The molecule has 2 aromatic rings. The van der Waals surface area contributed by atoms with E-state index in [4.69, 9.17) is 18.9 Å². The minimum Gasteiger partial charge on any atom is -0.493 e. The van der Waals surface area contributed by atoms with Gasteiger partial charge in [-0.2, -0.15) is 0 Å². The number of benzene rings is 2. The molecule has 0 N–H and O–H groups in total. The predicted octanol–water partition coefficient (Wildman–Crippen LogP) is 4.95. The number of hydrogen-bond donors (Lipinski definition) is 0. The normalized spacial score (nSPS) is 10.5. The molecular formula is C23H26O5. The molecule has 148 valence electrons. The van der Waals surface area contributed by atoms with Crippen LogP contribution in [-0.4, -0.2) is 33.7 Å². The first kappa shape index (κ1) is 21.1. The average Bonchev–Trinajstić information content (AvgIpc) is 2.71. The van der Waals surface area contributed by atoms with Crippen molar-refractivity contribution in [1.82, 2.24) is 0 Å². The third-order valence-electron chi connectivity index (χ3n) is 3.99. The van der Waals surface area contributed by atoms with Crippen LogP contribution in [0.25, 0.3) is 6.08 Å². The van der Waals surface area contributed by atoms with Crippen LogP contribution in [0.5, 0.6) is 23.0 Å². The summed E-state index contributed by atoms with van der Waals surface area (Å²) in [5.74, 6) is 2.20. The molecule has 2 aromatic carbocycles. The summed E-state index contributed by atoms with van der Waals surface area (Å²) >= 11 is 0. The first-order valence-electron chi connectivity index (χ1n) is 8.87. The van der Waals surface area contributed by atoms with Crippen molar-refractivity contribution in [3.05, 3.63) is 65.3 Å². The first-order chi connectivity index (χ1) is 13.5. The number of carbonyl (C=O) groups excluding carboxylic acids is 1. The number of ketones is 1. The second-order valence-electron chi connectivity index (χ2n) is 6.27. The molecule has 0 aromatic heterocycles. The molecule has 2 rings (SSSR count). The summed E-state index contributed by atoms with van der Waals surface area (Å²) in [7, 11) is 4.65. The lowest BCUT2D eigenvalue weighted by Gasteiger charge is -2.12. The third kappa shape index (κ3) is 5.64. The molecule has 0 bridgehead atoms. The van der Waals surface area contributed by atoms with E-state index >= 15 is 0 Å². The molecule has 0 saturated carbocycles. The number of carbonyl (C=O) groups is 1. The molecule has 0 unspecified atom stereocenters. The van der Waals surface area contributed by atoms with Gasteiger partial charge in [0.05, 0.1) is 21.3 Å². The zero-order valence-corrected chi connectivity index (χ0v) is 16.9. The van der Waals surface area contributed by atoms with Crippen LogP contribution in [0.3, 0.4) is 0 Å². The fraction of sp³-hybridized carbons (Fsp3) is 0.261. The van der Waals surface area contributed by atoms with E-state index in [2.05, 4.69) is 0 Å². The van der Waals surface area contributed by atoms with Gasteiger partial charge in [-0.25, -0.2) is 0 Å². The zero-order chi connectivity index (χ0) is 20.5. The summed E-state index contributed by atoms with van der Waals surface area (Å²) < 4.78 is 21.6. The minimum absolute atomic E-state index is 0.107. The molecule has 0 radical (unpaired) electrons. The van der Waals surface area contributed by atoms with E-state index in [1.807, 2.05) is 19.9 Å². The van der Waals surface area contributed by atoms with Crippen LogP contribution in [-0.2, 0) is 0 Å². The summed E-state index contributed by atoms with van der Waals surface area (Å²) in [4.78, 5) is 12.4. The highest BCUT2D eigenvalue weighted by atomic mass is 16.5. The standard InChI is InChI=1S/C23H26O5/c1-16(2)12-13-28-19-9-7-18(8-10-19)20(24)11-6-17-14-21(25-3)23(27-5)22(15-17)26-4/h6-12,14-15H,13H2,1-5H3/b11-6+. The highest BCUT2D eigenvalue weighted by Crippen LogP contribution is 2.38. The highest BCUT2D eigenvalue weighted by Gasteiger charge is 2.12. The second-order valence-corrected chi connectivity index (χ2v) is 6.27. The van der Waals surface area contributed by atoms with Crippen molar-refractivity contribution in [2.45, 2.75) is 13.8 Å². The van der Waals surface area contributed by atoms with Crippen molar-refractivity contribution in [2.75, 3.05) is 27.9 Å².